The summed E-state index contributed by atoms with van der Waals surface area (Å²) in [6.07, 6.45) is 0. The second-order valence-electron chi connectivity index (χ2n) is 3.53. The average Bonchev–Trinajstić information content (AvgIpc) is 2.84. The lowest BCUT2D eigenvalue weighted by Crippen LogP contribution is -2.18. The van der Waals surface area contributed by atoms with E-state index < -0.39 is 0 Å². The van der Waals surface area contributed by atoms with Gasteiger partial charge in [0.25, 0.3) is 0 Å². The summed E-state index contributed by atoms with van der Waals surface area (Å²) >= 11 is 1.52. The molecular weight excluding hydrogens is 239 g/mol. The van der Waals surface area contributed by atoms with Crippen LogP contribution in [-0.2, 0) is 0 Å². The molecule has 0 saturated heterocycles. The Morgan fingerprint density at radius 1 is 1.47 bits per heavy atom. The smallest absolute Gasteiger partial charge is 0.165 e. The lowest BCUT2D eigenvalue weighted by Gasteiger charge is -2.15. The van der Waals surface area contributed by atoms with Crippen molar-refractivity contribution in [3.8, 4) is 5.75 Å². The largest absolute Gasteiger partial charge is 0.494 e. The van der Waals surface area contributed by atoms with Gasteiger partial charge in [-0.3, -0.25) is 0 Å². The Morgan fingerprint density at radius 2 is 2.29 bits per heavy atom. The van der Waals surface area contributed by atoms with Gasteiger partial charge in [-0.05, 0) is 24.7 Å². The summed E-state index contributed by atoms with van der Waals surface area (Å²) in [5, 5.41) is 5.07. The molecule has 2 aromatic rings. The molecule has 3 nitrogen and oxygen atoms in total. The normalized spacial score (nSPS) is 12.4. The molecule has 1 unspecified atom stereocenters. The van der Waals surface area contributed by atoms with Gasteiger partial charge in [0.05, 0.1) is 24.4 Å². The maximum atomic E-state index is 13.6. The Balaban J connectivity index is 2.35. The molecule has 1 N–H and O–H groups in total. The fourth-order valence-electron chi connectivity index (χ4n) is 1.71. The van der Waals surface area contributed by atoms with Gasteiger partial charge in [0, 0.05) is 5.38 Å². The van der Waals surface area contributed by atoms with Crippen molar-refractivity contribution in [3.63, 3.8) is 0 Å². The molecule has 1 aromatic carbocycles. The molecule has 0 spiro atoms. The van der Waals surface area contributed by atoms with E-state index in [1.807, 2.05) is 18.5 Å². The minimum absolute atomic E-state index is 0.0957. The standard InChI is InChI=1S/C12H13FN2OS/c1-14-12(10-6-17-7-15-10)8-3-4-11(16-2)9(13)5-8/h3-7,12,14H,1-2H3. The van der Waals surface area contributed by atoms with Gasteiger partial charge in [-0.2, -0.15) is 0 Å². The van der Waals surface area contributed by atoms with E-state index in [4.69, 9.17) is 4.74 Å². The van der Waals surface area contributed by atoms with Gasteiger partial charge in [0.15, 0.2) is 11.6 Å². The second kappa shape index (κ2) is 5.25. The lowest BCUT2D eigenvalue weighted by molar-refractivity contribution is 0.386. The fourth-order valence-corrected chi connectivity index (χ4v) is 2.29. The first-order valence-electron chi connectivity index (χ1n) is 5.15. The Kier molecular flexibility index (Phi) is 3.71. The van der Waals surface area contributed by atoms with Crippen molar-refractivity contribution in [3.05, 3.63) is 46.2 Å². The van der Waals surface area contributed by atoms with Crippen LogP contribution in [0.5, 0.6) is 5.75 Å². The maximum Gasteiger partial charge on any atom is 0.165 e. The number of ether oxygens (including phenoxy) is 1. The van der Waals surface area contributed by atoms with Crippen LogP contribution in [0, 0.1) is 5.82 Å². The van der Waals surface area contributed by atoms with Gasteiger partial charge in [0.1, 0.15) is 0 Å². The van der Waals surface area contributed by atoms with Crippen molar-refractivity contribution in [1.29, 1.82) is 0 Å². The van der Waals surface area contributed by atoms with Crippen molar-refractivity contribution >= 4 is 11.3 Å². The van der Waals surface area contributed by atoms with Crippen LogP contribution >= 0.6 is 11.3 Å². The van der Waals surface area contributed by atoms with Crippen LogP contribution in [0.1, 0.15) is 17.3 Å². The molecule has 0 bridgehead atoms. The van der Waals surface area contributed by atoms with Crippen molar-refractivity contribution in [1.82, 2.24) is 10.3 Å². The molecule has 1 aromatic heterocycles. The number of nitrogens with one attached hydrogen (secondary N) is 1. The second-order valence-corrected chi connectivity index (χ2v) is 4.25. The highest BCUT2D eigenvalue weighted by Gasteiger charge is 2.15. The van der Waals surface area contributed by atoms with Crippen LogP contribution in [0.4, 0.5) is 4.39 Å². The van der Waals surface area contributed by atoms with Crippen molar-refractivity contribution in [2.24, 2.45) is 0 Å². The van der Waals surface area contributed by atoms with Crippen LogP contribution in [-0.4, -0.2) is 19.1 Å². The Bertz CT molecular complexity index is 487. The third-order valence-corrected chi connectivity index (χ3v) is 3.15. The lowest BCUT2D eigenvalue weighted by atomic mass is 10.0. The topological polar surface area (TPSA) is 34.1 Å². The number of thiazole rings is 1. The number of hydrogen-bond acceptors (Lipinski definition) is 4. The third-order valence-electron chi connectivity index (χ3n) is 2.55. The highest BCUT2D eigenvalue weighted by Crippen LogP contribution is 2.25. The first-order valence-corrected chi connectivity index (χ1v) is 6.09. The SMILES string of the molecule is CNC(c1ccc(OC)c(F)c1)c1cscn1. The minimum atomic E-state index is -0.361. The Hall–Kier alpha value is -1.46. The summed E-state index contributed by atoms with van der Waals surface area (Å²) in [6, 6.07) is 4.84. The van der Waals surface area contributed by atoms with E-state index in [9.17, 15) is 4.39 Å². The summed E-state index contributed by atoms with van der Waals surface area (Å²) in [7, 11) is 3.28. The van der Waals surface area contributed by atoms with Crippen LogP contribution in [0.15, 0.2) is 29.1 Å². The molecule has 90 valence electrons. The fraction of sp³-hybridized carbons (Fsp3) is 0.250. The average molecular weight is 252 g/mol. The molecule has 0 aliphatic carbocycles. The summed E-state index contributed by atoms with van der Waals surface area (Å²) in [5.74, 6) is -0.109. The van der Waals surface area contributed by atoms with Crippen LogP contribution in [0.25, 0.3) is 0 Å². The zero-order chi connectivity index (χ0) is 12.3. The third kappa shape index (κ3) is 2.45. The molecule has 0 amide bonds. The van der Waals surface area contributed by atoms with Crippen molar-refractivity contribution in [2.45, 2.75) is 6.04 Å². The van der Waals surface area contributed by atoms with Gasteiger partial charge >= 0.3 is 0 Å². The van der Waals surface area contributed by atoms with E-state index in [2.05, 4.69) is 10.3 Å². The molecule has 5 heteroatoms. The van der Waals surface area contributed by atoms with Gasteiger partial charge in [-0.25, -0.2) is 9.37 Å². The van der Waals surface area contributed by atoms with Crippen LogP contribution in [0.3, 0.4) is 0 Å². The molecular formula is C12H13FN2OS. The van der Waals surface area contributed by atoms with Gasteiger partial charge in [-0.1, -0.05) is 6.07 Å². The predicted octanol–water partition coefficient (Wildman–Crippen LogP) is 2.60. The molecule has 17 heavy (non-hydrogen) atoms. The van der Waals surface area contributed by atoms with E-state index in [1.165, 1.54) is 24.5 Å². The molecule has 1 atom stereocenters. The number of hydrogen-bond donors (Lipinski definition) is 1. The van der Waals surface area contributed by atoms with Gasteiger partial charge < -0.3 is 10.1 Å². The quantitative estimate of drug-likeness (QED) is 0.908. The number of halogens is 1. The Labute approximate surface area is 103 Å². The molecule has 2 rings (SSSR count). The summed E-state index contributed by atoms with van der Waals surface area (Å²) in [5.41, 5.74) is 3.48. The highest BCUT2D eigenvalue weighted by atomic mass is 32.1. The molecule has 0 saturated carbocycles. The van der Waals surface area contributed by atoms with Crippen molar-refractivity contribution < 1.29 is 9.13 Å². The number of methoxy groups -OCH3 is 1. The molecule has 0 aliphatic rings. The molecule has 0 aliphatic heterocycles. The minimum Gasteiger partial charge on any atom is -0.494 e. The molecule has 1 heterocycles. The van der Waals surface area contributed by atoms with Crippen molar-refractivity contribution in [2.75, 3.05) is 14.2 Å². The van der Waals surface area contributed by atoms with Crippen LogP contribution < -0.4 is 10.1 Å². The summed E-state index contributed by atoms with van der Waals surface area (Å²) < 4.78 is 18.5. The zero-order valence-corrected chi connectivity index (χ0v) is 10.4. The van der Waals surface area contributed by atoms with E-state index in [0.29, 0.717) is 0 Å². The molecule has 0 fully saturated rings. The number of aromatic nitrogens is 1. The van der Waals surface area contributed by atoms with Gasteiger partial charge in [-0.15, -0.1) is 11.3 Å². The maximum absolute atomic E-state index is 13.6. The van der Waals surface area contributed by atoms with E-state index in [1.54, 1.807) is 11.6 Å². The monoisotopic (exact) mass is 252 g/mol. The number of rotatable bonds is 4. The summed E-state index contributed by atoms with van der Waals surface area (Å²) in [6.45, 7) is 0. The van der Waals surface area contributed by atoms with E-state index in [-0.39, 0.29) is 17.6 Å². The molecule has 0 radical (unpaired) electrons. The first kappa shape index (κ1) is 12.0. The predicted molar refractivity (Wildman–Crippen MR) is 66.0 cm³/mol. The Morgan fingerprint density at radius 3 is 2.82 bits per heavy atom. The van der Waals surface area contributed by atoms with Gasteiger partial charge in [0.2, 0.25) is 0 Å². The number of benzene rings is 1. The highest BCUT2D eigenvalue weighted by molar-refractivity contribution is 7.07. The number of nitrogens with zero attached hydrogens (tertiary/aromatic N) is 1. The van der Waals surface area contributed by atoms with E-state index >= 15 is 0 Å². The summed E-state index contributed by atoms with van der Waals surface area (Å²) in [4.78, 5) is 4.24. The first-order chi connectivity index (χ1) is 8.26. The van der Waals surface area contributed by atoms with Crippen LogP contribution in [0.2, 0.25) is 0 Å². The zero-order valence-electron chi connectivity index (χ0n) is 9.61. The van der Waals surface area contributed by atoms with E-state index in [0.717, 1.165) is 11.3 Å².